The van der Waals surface area contributed by atoms with E-state index in [9.17, 15) is 18.0 Å². The quantitative estimate of drug-likeness (QED) is 0.504. The van der Waals surface area contributed by atoms with Gasteiger partial charge in [-0.15, -0.1) is 0 Å². The molecule has 0 saturated carbocycles. The maximum atomic E-state index is 13.3. The average molecular weight is 467 g/mol. The van der Waals surface area contributed by atoms with E-state index in [1.807, 2.05) is 26.0 Å². The third-order valence-corrected chi connectivity index (χ3v) is 6.71. The summed E-state index contributed by atoms with van der Waals surface area (Å²) in [4.78, 5) is 28.4. The first kappa shape index (κ1) is 23.9. The normalized spacial score (nSPS) is 11.0. The van der Waals surface area contributed by atoms with Crippen molar-refractivity contribution in [3.8, 4) is 0 Å². The molecular weight excluding hydrogens is 440 g/mol. The highest BCUT2D eigenvalue weighted by atomic mass is 32.2. The van der Waals surface area contributed by atoms with Crippen LogP contribution in [0.15, 0.2) is 78.0 Å². The van der Waals surface area contributed by atoms with E-state index in [1.165, 1.54) is 10.5 Å². The summed E-state index contributed by atoms with van der Waals surface area (Å²) in [5.41, 5.74) is 2.92. The number of amides is 2. The van der Waals surface area contributed by atoms with Crippen molar-refractivity contribution in [2.24, 2.45) is 0 Å². The Bertz CT molecular complexity index is 1200. The number of pyridine rings is 1. The Labute approximate surface area is 193 Å². The Kier molecular flexibility index (Phi) is 7.78. The maximum Gasteiger partial charge on any atom is 0.264 e. The Morgan fingerprint density at radius 3 is 2.15 bits per heavy atom. The Balaban J connectivity index is 1.67. The van der Waals surface area contributed by atoms with Gasteiger partial charge < -0.3 is 10.6 Å². The van der Waals surface area contributed by atoms with Crippen LogP contribution in [-0.2, 0) is 19.6 Å². The molecule has 2 aromatic carbocycles. The van der Waals surface area contributed by atoms with E-state index in [-0.39, 0.29) is 24.4 Å². The van der Waals surface area contributed by atoms with Crippen molar-refractivity contribution in [1.82, 2.24) is 10.3 Å². The van der Waals surface area contributed by atoms with Crippen LogP contribution in [0.4, 0.5) is 11.4 Å². The number of hydrogen-bond acceptors (Lipinski definition) is 5. The summed E-state index contributed by atoms with van der Waals surface area (Å²) in [5, 5.41) is 5.15. The van der Waals surface area contributed by atoms with Gasteiger partial charge in [-0.1, -0.05) is 35.4 Å². The molecule has 33 heavy (non-hydrogen) atoms. The van der Waals surface area contributed by atoms with Crippen molar-refractivity contribution >= 4 is 33.2 Å². The van der Waals surface area contributed by atoms with Crippen molar-refractivity contribution in [3.63, 3.8) is 0 Å². The van der Waals surface area contributed by atoms with Crippen LogP contribution in [0.5, 0.6) is 0 Å². The fraction of sp³-hybridized carbons (Fsp3) is 0.208. The van der Waals surface area contributed by atoms with Gasteiger partial charge in [0.2, 0.25) is 11.8 Å². The summed E-state index contributed by atoms with van der Waals surface area (Å²) in [6.07, 6.45) is 2.97. The van der Waals surface area contributed by atoms with E-state index in [0.717, 1.165) is 11.1 Å². The molecule has 2 N–H and O–H groups in total. The monoisotopic (exact) mass is 466 g/mol. The fourth-order valence-electron chi connectivity index (χ4n) is 3.05. The summed E-state index contributed by atoms with van der Waals surface area (Å²) in [7, 11) is -3.88. The van der Waals surface area contributed by atoms with Crippen molar-refractivity contribution < 1.29 is 18.0 Å². The van der Waals surface area contributed by atoms with Crippen molar-refractivity contribution in [2.75, 3.05) is 22.7 Å². The molecular formula is C24H26N4O4S. The summed E-state index contributed by atoms with van der Waals surface area (Å²) < 4.78 is 27.9. The highest BCUT2D eigenvalue weighted by Crippen LogP contribution is 2.24. The van der Waals surface area contributed by atoms with Crippen LogP contribution in [-0.4, -0.2) is 38.3 Å². The molecule has 0 atom stereocenters. The van der Waals surface area contributed by atoms with E-state index in [2.05, 4.69) is 15.6 Å². The van der Waals surface area contributed by atoms with Gasteiger partial charge >= 0.3 is 0 Å². The van der Waals surface area contributed by atoms with Gasteiger partial charge in [0, 0.05) is 19.2 Å². The third kappa shape index (κ3) is 6.63. The van der Waals surface area contributed by atoms with Gasteiger partial charge in [-0.3, -0.25) is 18.9 Å². The van der Waals surface area contributed by atoms with Gasteiger partial charge in [0.15, 0.2) is 0 Å². The minimum absolute atomic E-state index is 0.0741. The van der Waals surface area contributed by atoms with Crippen LogP contribution >= 0.6 is 0 Å². The number of aryl methyl sites for hydroxylation is 2. The van der Waals surface area contributed by atoms with Crippen molar-refractivity contribution in [3.05, 3.63) is 84.2 Å². The molecule has 3 aromatic rings. The number of hydrogen-bond donors (Lipinski definition) is 2. The lowest BCUT2D eigenvalue weighted by Gasteiger charge is -2.24. The van der Waals surface area contributed by atoms with Crippen molar-refractivity contribution in [2.45, 2.75) is 25.2 Å². The molecule has 0 fully saturated rings. The van der Waals surface area contributed by atoms with Crippen LogP contribution in [0.3, 0.4) is 0 Å². The highest BCUT2D eigenvalue weighted by Gasteiger charge is 2.25. The summed E-state index contributed by atoms with van der Waals surface area (Å²) in [5.74, 6) is -0.841. The number of rotatable bonds is 9. The SMILES string of the molecule is Cc1ccc(N(CCC(=O)NCC(=O)Nc2cccnc2)S(=O)(=O)c2ccc(C)cc2)cc1. The van der Waals surface area contributed by atoms with Crippen molar-refractivity contribution in [1.29, 1.82) is 0 Å². The number of aromatic nitrogens is 1. The molecule has 0 bridgehead atoms. The number of benzene rings is 2. The Hall–Kier alpha value is -3.72. The molecule has 1 aromatic heterocycles. The zero-order valence-corrected chi connectivity index (χ0v) is 19.3. The van der Waals surface area contributed by atoms with Crippen LogP contribution in [0.1, 0.15) is 17.5 Å². The van der Waals surface area contributed by atoms with Crippen LogP contribution in [0.25, 0.3) is 0 Å². The number of nitrogens with one attached hydrogen (secondary N) is 2. The van der Waals surface area contributed by atoms with Gasteiger partial charge in [0.1, 0.15) is 0 Å². The summed E-state index contributed by atoms with van der Waals surface area (Å²) in [6, 6.07) is 17.0. The second-order valence-electron chi connectivity index (χ2n) is 7.54. The Morgan fingerprint density at radius 1 is 0.909 bits per heavy atom. The minimum Gasteiger partial charge on any atom is -0.347 e. The predicted molar refractivity (Wildman–Crippen MR) is 127 cm³/mol. The molecule has 0 saturated heterocycles. The number of carbonyl (C=O) groups is 2. The van der Waals surface area contributed by atoms with Gasteiger partial charge in [0.05, 0.1) is 29.0 Å². The first-order valence-corrected chi connectivity index (χ1v) is 11.8. The standard InChI is InChI=1S/C24H26N4O4S/c1-18-5-9-21(10-6-18)28(33(31,32)22-11-7-19(2)8-12-22)15-13-23(29)26-17-24(30)27-20-4-3-14-25-16-20/h3-12,14,16H,13,15,17H2,1-2H3,(H,26,29)(H,27,30). The molecule has 172 valence electrons. The number of anilines is 2. The molecule has 9 heteroatoms. The van der Waals surface area contributed by atoms with Gasteiger partial charge in [0.25, 0.3) is 10.0 Å². The maximum absolute atomic E-state index is 13.3. The molecule has 0 aliphatic heterocycles. The highest BCUT2D eigenvalue weighted by molar-refractivity contribution is 7.92. The summed E-state index contributed by atoms with van der Waals surface area (Å²) in [6.45, 7) is 3.48. The molecule has 0 aliphatic carbocycles. The lowest BCUT2D eigenvalue weighted by molar-refractivity contribution is -0.124. The summed E-state index contributed by atoms with van der Waals surface area (Å²) >= 11 is 0. The first-order valence-electron chi connectivity index (χ1n) is 10.4. The van der Waals surface area contributed by atoms with Crippen LogP contribution in [0.2, 0.25) is 0 Å². The molecule has 0 spiro atoms. The molecule has 1 heterocycles. The lowest BCUT2D eigenvalue weighted by Crippen LogP contribution is -2.37. The molecule has 8 nitrogen and oxygen atoms in total. The van der Waals surface area contributed by atoms with E-state index < -0.39 is 21.8 Å². The average Bonchev–Trinajstić information content (AvgIpc) is 2.80. The molecule has 0 radical (unpaired) electrons. The van der Waals surface area contributed by atoms with E-state index in [4.69, 9.17) is 0 Å². The molecule has 3 rings (SSSR count). The topological polar surface area (TPSA) is 108 Å². The molecule has 0 aliphatic rings. The first-order chi connectivity index (χ1) is 15.8. The smallest absolute Gasteiger partial charge is 0.264 e. The largest absolute Gasteiger partial charge is 0.347 e. The number of nitrogens with zero attached hydrogens (tertiary/aromatic N) is 2. The van der Waals surface area contributed by atoms with E-state index in [0.29, 0.717) is 11.4 Å². The fourth-order valence-corrected chi connectivity index (χ4v) is 4.51. The third-order valence-electron chi connectivity index (χ3n) is 4.86. The lowest BCUT2D eigenvalue weighted by atomic mass is 10.2. The second kappa shape index (κ2) is 10.7. The van der Waals surface area contributed by atoms with Gasteiger partial charge in [-0.05, 0) is 50.2 Å². The second-order valence-corrected chi connectivity index (χ2v) is 9.40. The molecule has 2 amide bonds. The van der Waals surface area contributed by atoms with E-state index >= 15 is 0 Å². The van der Waals surface area contributed by atoms with E-state index in [1.54, 1.807) is 54.7 Å². The number of sulfonamides is 1. The van der Waals surface area contributed by atoms with Crippen LogP contribution < -0.4 is 14.9 Å². The van der Waals surface area contributed by atoms with Crippen LogP contribution in [0, 0.1) is 13.8 Å². The van der Waals surface area contributed by atoms with Gasteiger partial charge in [-0.2, -0.15) is 0 Å². The number of carbonyl (C=O) groups excluding carboxylic acids is 2. The predicted octanol–water partition coefficient (Wildman–Crippen LogP) is 3.04. The van der Waals surface area contributed by atoms with Gasteiger partial charge in [-0.25, -0.2) is 8.42 Å². The molecule has 0 unspecified atom stereocenters. The zero-order valence-electron chi connectivity index (χ0n) is 18.5. The zero-order chi connectivity index (χ0) is 23.8. The minimum atomic E-state index is -3.88. The Morgan fingerprint density at radius 2 is 1.55 bits per heavy atom.